The number of nitrogens with zero attached hydrogens (tertiary/aromatic N) is 5. The molecule has 1 unspecified atom stereocenters. The van der Waals surface area contributed by atoms with Gasteiger partial charge < -0.3 is 4.90 Å². The summed E-state index contributed by atoms with van der Waals surface area (Å²) in [5.41, 5.74) is 1.87. The number of carbonyl (C=O) groups is 1. The van der Waals surface area contributed by atoms with Crippen LogP contribution in [0.25, 0.3) is 11.4 Å². The Hall–Kier alpha value is -2.67. The van der Waals surface area contributed by atoms with Crippen molar-refractivity contribution in [3.63, 3.8) is 0 Å². The van der Waals surface area contributed by atoms with Crippen LogP contribution >= 0.6 is 11.8 Å². The van der Waals surface area contributed by atoms with Gasteiger partial charge in [-0.05, 0) is 51.0 Å². The summed E-state index contributed by atoms with van der Waals surface area (Å²) in [5, 5.41) is 9.36. The van der Waals surface area contributed by atoms with Crippen molar-refractivity contribution in [2.45, 2.75) is 43.1 Å². The van der Waals surface area contributed by atoms with E-state index in [9.17, 15) is 4.79 Å². The molecule has 0 N–H and O–H groups in total. The van der Waals surface area contributed by atoms with Crippen molar-refractivity contribution >= 4 is 23.4 Å². The van der Waals surface area contributed by atoms with Crippen LogP contribution in [0.3, 0.4) is 0 Å². The van der Waals surface area contributed by atoms with Gasteiger partial charge in [0.05, 0.1) is 5.25 Å². The fourth-order valence-electron chi connectivity index (χ4n) is 3.21. The van der Waals surface area contributed by atoms with Crippen LogP contribution in [0.5, 0.6) is 0 Å². The van der Waals surface area contributed by atoms with Crippen molar-refractivity contribution in [2.75, 3.05) is 11.4 Å². The molecule has 0 spiro atoms. The Morgan fingerprint density at radius 3 is 2.64 bits per heavy atom. The molecule has 1 aromatic carbocycles. The second-order valence-electron chi connectivity index (χ2n) is 6.83. The van der Waals surface area contributed by atoms with Crippen LogP contribution in [0.2, 0.25) is 0 Å². The molecule has 2 heterocycles. The van der Waals surface area contributed by atoms with Crippen LogP contribution in [0, 0.1) is 0 Å². The molecule has 3 aromatic rings. The Balaban J connectivity index is 1.57. The number of benzene rings is 1. The number of carbonyl (C=O) groups excluding carboxylic acids is 1. The molecule has 2 aromatic heterocycles. The minimum atomic E-state index is -0.261. The minimum absolute atomic E-state index is 0.0759. The van der Waals surface area contributed by atoms with Crippen molar-refractivity contribution < 1.29 is 4.79 Å². The number of pyridine rings is 1. The highest BCUT2D eigenvalue weighted by molar-refractivity contribution is 8.00. The van der Waals surface area contributed by atoms with Gasteiger partial charge in [0.2, 0.25) is 5.91 Å². The molecule has 0 aliphatic heterocycles. The van der Waals surface area contributed by atoms with Gasteiger partial charge in [0, 0.05) is 36.2 Å². The van der Waals surface area contributed by atoms with Gasteiger partial charge >= 0.3 is 0 Å². The lowest BCUT2D eigenvalue weighted by molar-refractivity contribution is -0.117. The number of anilines is 1. The molecule has 1 aliphatic carbocycles. The second kappa shape index (κ2) is 8.14. The van der Waals surface area contributed by atoms with Crippen molar-refractivity contribution in [2.24, 2.45) is 0 Å². The molecule has 1 fully saturated rings. The van der Waals surface area contributed by atoms with Crippen LogP contribution in [0.15, 0.2) is 60.0 Å². The summed E-state index contributed by atoms with van der Waals surface area (Å²) in [7, 11) is 0. The summed E-state index contributed by atoms with van der Waals surface area (Å²) in [5.74, 6) is 0.903. The van der Waals surface area contributed by atoms with E-state index in [0.717, 1.165) is 35.1 Å². The SMILES string of the molecule is CCN(C(=O)C(C)Sc1nnc(-c2cccnc2)n1C1CC1)c1ccccc1. The van der Waals surface area contributed by atoms with Gasteiger partial charge in [-0.25, -0.2) is 0 Å². The van der Waals surface area contributed by atoms with E-state index in [2.05, 4.69) is 19.7 Å². The maximum absolute atomic E-state index is 13.1. The molecule has 4 rings (SSSR count). The summed E-state index contributed by atoms with van der Waals surface area (Å²) in [4.78, 5) is 19.1. The van der Waals surface area contributed by atoms with Gasteiger partial charge in [0.1, 0.15) is 0 Å². The topological polar surface area (TPSA) is 63.9 Å². The van der Waals surface area contributed by atoms with Crippen LogP contribution in [-0.4, -0.2) is 37.5 Å². The van der Waals surface area contributed by atoms with E-state index in [1.807, 2.05) is 61.2 Å². The molecule has 7 heteroatoms. The van der Waals surface area contributed by atoms with Gasteiger partial charge in [0.25, 0.3) is 0 Å². The van der Waals surface area contributed by atoms with Gasteiger partial charge in [-0.1, -0.05) is 30.0 Å². The predicted octanol–water partition coefficient (Wildman–Crippen LogP) is 4.21. The van der Waals surface area contributed by atoms with Crippen LogP contribution in [0.1, 0.15) is 32.7 Å². The summed E-state index contributed by atoms with van der Waals surface area (Å²) >= 11 is 1.48. The van der Waals surface area contributed by atoms with E-state index in [1.54, 1.807) is 12.4 Å². The van der Waals surface area contributed by atoms with E-state index in [-0.39, 0.29) is 11.2 Å². The highest BCUT2D eigenvalue weighted by Crippen LogP contribution is 2.41. The average Bonchev–Trinajstić information content (AvgIpc) is 3.50. The summed E-state index contributed by atoms with van der Waals surface area (Å²) < 4.78 is 2.17. The molecule has 0 radical (unpaired) electrons. The Labute approximate surface area is 169 Å². The average molecular weight is 394 g/mol. The molecular formula is C21H23N5OS. The first-order valence-electron chi connectivity index (χ1n) is 9.57. The summed E-state index contributed by atoms with van der Waals surface area (Å²) in [6.07, 6.45) is 5.79. The highest BCUT2D eigenvalue weighted by atomic mass is 32.2. The quantitative estimate of drug-likeness (QED) is 0.563. The van der Waals surface area contributed by atoms with Gasteiger partial charge in [0.15, 0.2) is 11.0 Å². The van der Waals surface area contributed by atoms with E-state index in [4.69, 9.17) is 0 Å². The number of para-hydroxylation sites is 1. The minimum Gasteiger partial charge on any atom is -0.312 e. The van der Waals surface area contributed by atoms with Gasteiger partial charge in [-0.2, -0.15) is 0 Å². The lowest BCUT2D eigenvalue weighted by Crippen LogP contribution is -2.36. The van der Waals surface area contributed by atoms with E-state index >= 15 is 0 Å². The standard InChI is InChI=1S/C21H23N5OS/c1-3-25(17-9-5-4-6-10-17)20(27)15(2)28-21-24-23-19(26(21)18-11-12-18)16-8-7-13-22-14-16/h4-10,13-15,18H,3,11-12H2,1-2H3. The van der Waals surface area contributed by atoms with Crippen LogP contribution in [-0.2, 0) is 4.79 Å². The number of hydrogen-bond acceptors (Lipinski definition) is 5. The molecule has 1 amide bonds. The van der Waals surface area contributed by atoms with Crippen LogP contribution < -0.4 is 4.90 Å². The molecule has 28 heavy (non-hydrogen) atoms. The van der Waals surface area contributed by atoms with E-state index in [0.29, 0.717) is 12.6 Å². The molecule has 144 valence electrons. The third-order valence-corrected chi connectivity index (χ3v) is 5.82. The first-order chi connectivity index (χ1) is 13.7. The third kappa shape index (κ3) is 3.80. The molecule has 6 nitrogen and oxygen atoms in total. The first kappa shape index (κ1) is 18.7. The Bertz CT molecular complexity index is 940. The molecule has 1 aliphatic rings. The normalized spacial score (nSPS) is 14.6. The predicted molar refractivity (Wildman–Crippen MR) is 111 cm³/mol. The zero-order valence-corrected chi connectivity index (χ0v) is 16.8. The monoisotopic (exact) mass is 393 g/mol. The number of amides is 1. The summed E-state index contributed by atoms with van der Waals surface area (Å²) in [6.45, 7) is 4.56. The van der Waals surface area contributed by atoms with E-state index < -0.39 is 0 Å². The number of aromatic nitrogens is 4. The van der Waals surface area contributed by atoms with Crippen LogP contribution in [0.4, 0.5) is 5.69 Å². The maximum atomic E-state index is 13.1. The lowest BCUT2D eigenvalue weighted by Gasteiger charge is -2.24. The molecule has 0 saturated heterocycles. The largest absolute Gasteiger partial charge is 0.312 e. The Morgan fingerprint density at radius 1 is 1.21 bits per heavy atom. The molecular weight excluding hydrogens is 370 g/mol. The van der Waals surface area contributed by atoms with Gasteiger partial charge in [-0.15, -0.1) is 10.2 Å². The number of thioether (sulfide) groups is 1. The smallest absolute Gasteiger partial charge is 0.240 e. The zero-order chi connectivity index (χ0) is 19.5. The second-order valence-corrected chi connectivity index (χ2v) is 8.14. The Morgan fingerprint density at radius 2 is 2.00 bits per heavy atom. The first-order valence-corrected chi connectivity index (χ1v) is 10.5. The molecule has 1 saturated carbocycles. The third-order valence-electron chi connectivity index (χ3n) is 4.78. The van der Waals surface area contributed by atoms with Gasteiger partial charge in [-0.3, -0.25) is 14.3 Å². The maximum Gasteiger partial charge on any atom is 0.240 e. The zero-order valence-electron chi connectivity index (χ0n) is 16.0. The summed E-state index contributed by atoms with van der Waals surface area (Å²) in [6, 6.07) is 14.1. The Kier molecular flexibility index (Phi) is 5.43. The lowest BCUT2D eigenvalue weighted by atomic mass is 10.2. The van der Waals surface area contributed by atoms with Crippen molar-refractivity contribution in [3.8, 4) is 11.4 Å². The van der Waals surface area contributed by atoms with E-state index in [1.165, 1.54) is 11.8 Å². The number of hydrogen-bond donors (Lipinski definition) is 0. The fourth-order valence-corrected chi connectivity index (χ4v) is 4.19. The molecule has 1 atom stereocenters. The van der Waals surface area contributed by atoms with Crippen molar-refractivity contribution in [1.29, 1.82) is 0 Å². The fraction of sp³-hybridized carbons (Fsp3) is 0.333. The van der Waals surface area contributed by atoms with Crippen molar-refractivity contribution in [3.05, 3.63) is 54.9 Å². The highest BCUT2D eigenvalue weighted by Gasteiger charge is 2.32. The van der Waals surface area contributed by atoms with Crippen molar-refractivity contribution in [1.82, 2.24) is 19.7 Å². The number of rotatable bonds is 7. The molecule has 0 bridgehead atoms.